The number of amides is 2. The maximum Gasteiger partial charge on any atom is 0.259 e. The van der Waals surface area contributed by atoms with Gasteiger partial charge in [-0.3, -0.25) is 19.4 Å². The van der Waals surface area contributed by atoms with Crippen LogP contribution < -0.4 is 9.91 Å². The molecule has 0 bridgehead atoms. The summed E-state index contributed by atoms with van der Waals surface area (Å²) in [6.07, 6.45) is 0. The molecule has 2 aromatic carbocycles. The van der Waals surface area contributed by atoms with Crippen molar-refractivity contribution in [1.82, 2.24) is 0 Å². The average Bonchev–Trinajstić information content (AvgIpc) is 3.16. The number of rotatable bonds is 3. The lowest BCUT2D eigenvalue weighted by Crippen LogP contribution is -2.39. The number of carbonyl (C=O) groups is 3. The van der Waals surface area contributed by atoms with Crippen molar-refractivity contribution < 1.29 is 14.4 Å². The van der Waals surface area contributed by atoms with Gasteiger partial charge in [0.15, 0.2) is 5.78 Å². The van der Waals surface area contributed by atoms with Crippen LogP contribution in [0.15, 0.2) is 52.0 Å². The highest BCUT2D eigenvalue weighted by Gasteiger charge is 2.58. The number of halogens is 2. The monoisotopic (exact) mass is 459 g/mol. The van der Waals surface area contributed by atoms with Crippen LogP contribution in [-0.4, -0.2) is 29.4 Å². The van der Waals surface area contributed by atoms with Gasteiger partial charge in [0.1, 0.15) is 17.7 Å². The number of imide groups is 1. The topological polar surface area (TPSA) is 70.1 Å². The molecule has 2 amide bonds. The maximum atomic E-state index is 13.3. The predicted molar refractivity (Wildman–Crippen MR) is 111 cm³/mol. The molecular weight excluding hydrogens is 446 g/mol. The zero-order valence-corrected chi connectivity index (χ0v) is 17.4. The van der Waals surface area contributed by atoms with Gasteiger partial charge >= 0.3 is 0 Å². The van der Waals surface area contributed by atoms with Crippen LogP contribution in [0.3, 0.4) is 0 Å². The van der Waals surface area contributed by atoms with Crippen LogP contribution in [0.1, 0.15) is 12.5 Å². The van der Waals surface area contributed by atoms with Gasteiger partial charge in [-0.1, -0.05) is 33.6 Å². The van der Waals surface area contributed by atoms with Crippen LogP contribution in [0.25, 0.3) is 0 Å². The standard InChI is InChI=1S/C20H15BrClN3O3/c1-10-14(22)4-3-5-15(10)24-19(27)16-17(11(2)26)23-25(18(16)20(24)28)13-8-6-12(21)7-9-13/h3-9,16,18H,1-2H3/t16-,18-/m1/s1. The van der Waals surface area contributed by atoms with Crippen molar-refractivity contribution in [3.8, 4) is 0 Å². The van der Waals surface area contributed by atoms with Crippen molar-refractivity contribution in [3.05, 3.63) is 57.5 Å². The number of fused-ring (bicyclic) bond motifs is 1. The van der Waals surface area contributed by atoms with E-state index in [1.807, 2.05) is 12.1 Å². The van der Waals surface area contributed by atoms with Gasteiger partial charge in [-0.2, -0.15) is 5.10 Å². The van der Waals surface area contributed by atoms with E-state index in [9.17, 15) is 14.4 Å². The summed E-state index contributed by atoms with van der Waals surface area (Å²) in [6.45, 7) is 3.10. The Morgan fingerprint density at radius 2 is 1.79 bits per heavy atom. The molecule has 6 nitrogen and oxygen atoms in total. The molecule has 1 fully saturated rings. The minimum atomic E-state index is -0.938. The number of anilines is 2. The molecule has 2 atom stereocenters. The summed E-state index contributed by atoms with van der Waals surface area (Å²) in [5, 5.41) is 6.26. The molecule has 8 heteroatoms. The van der Waals surface area contributed by atoms with Crippen LogP contribution >= 0.6 is 27.5 Å². The Morgan fingerprint density at radius 1 is 1.11 bits per heavy atom. The molecule has 2 aliphatic rings. The molecule has 2 heterocycles. The highest BCUT2D eigenvalue weighted by atomic mass is 79.9. The number of benzene rings is 2. The first kappa shape index (κ1) is 18.8. The van der Waals surface area contributed by atoms with Crippen molar-refractivity contribution >= 4 is 62.2 Å². The fourth-order valence-electron chi connectivity index (χ4n) is 3.59. The Balaban J connectivity index is 1.83. The van der Waals surface area contributed by atoms with E-state index in [2.05, 4.69) is 21.0 Å². The second kappa shape index (κ2) is 6.83. The van der Waals surface area contributed by atoms with Crippen LogP contribution in [0.2, 0.25) is 5.02 Å². The van der Waals surface area contributed by atoms with Gasteiger partial charge in [0.25, 0.3) is 5.91 Å². The van der Waals surface area contributed by atoms with Crippen molar-refractivity contribution in [2.75, 3.05) is 9.91 Å². The van der Waals surface area contributed by atoms with Crippen molar-refractivity contribution in [2.24, 2.45) is 11.0 Å². The highest BCUT2D eigenvalue weighted by molar-refractivity contribution is 9.10. The first-order chi connectivity index (χ1) is 13.3. The van der Waals surface area contributed by atoms with E-state index in [1.54, 1.807) is 37.3 Å². The van der Waals surface area contributed by atoms with Crippen molar-refractivity contribution in [3.63, 3.8) is 0 Å². The molecule has 1 saturated heterocycles. The number of nitrogens with zero attached hydrogens (tertiary/aromatic N) is 3. The normalized spacial score (nSPS) is 21.2. The number of hydrazone groups is 1. The lowest BCUT2D eigenvalue weighted by Gasteiger charge is -2.23. The van der Waals surface area contributed by atoms with Gasteiger partial charge in [0.05, 0.1) is 11.4 Å². The van der Waals surface area contributed by atoms with Gasteiger partial charge in [0.2, 0.25) is 5.91 Å². The molecule has 0 N–H and O–H groups in total. The van der Waals surface area contributed by atoms with E-state index >= 15 is 0 Å². The summed E-state index contributed by atoms with van der Waals surface area (Å²) < 4.78 is 0.868. The highest BCUT2D eigenvalue weighted by Crippen LogP contribution is 2.39. The number of hydrogen-bond donors (Lipinski definition) is 0. The molecule has 0 aromatic heterocycles. The van der Waals surface area contributed by atoms with Crippen LogP contribution in [0.5, 0.6) is 0 Å². The average molecular weight is 461 g/mol. The molecule has 28 heavy (non-hydrogen) atoms. The smallest absolute Gasteiger partial charge is 0.259 e. The molecule has 2 aromatic rings. The third-order valence-electron chi connectivity index (χ3n) is 4.98. The maximum absolute atomic E-state index is 13.3. The molecule has 0 radical (unpaired) electrons. The summed E-state index contributed by atoms with van der Waals surface area (Å²) >= 11 is 9.56. The summed E-state index contributed by atoms with van der Waals surface area (Å²) in [4.78, 5) is 39.8. The fourth-order valence-corrected chi connectivity index (χ4v) is 4.02. The number of ketones is 1. The van der Waals surface area contributed by atoms with E-state index in [-0.39, 0.29) is 11.5 Å². The van der Waals surface area contributed by atoms with Gasteiger partial charge in [-0.05, 0) is 48.9 Å². The number of carbonyl (C=O) groups excluding carboxylic acids is 3. The first-order valence-electron chi connectivity index (χ1n) is 8.58. The third kappa shape index (κ3) is 2.77. The van der Waals surface area contributed by atoms with Crippen LogP contribution in [0.4, 0.5) is 11.4 Å². The number of Topliss-reactive ketones (excluding diaryl/α,β-unsaturated/α-hetero) is 1. The second-order valence-corrected chi connectivity index (χ2v) is 8.00. The molecule has 0 aliphatic carbocycles. The van der Waals surface area contributed by atoms with E-state index in [0.717, 1.165) is 9.37 Å². The minimum Gasteiger partial charge on any atom is -0.293 e. The SMILES string of the molecule is CC(=O)C1=NN(c2ccc(Br)cc2)[C@H]2C(=O)N(c3cccc(Cl)c3C)C(=O)[C@H]12. The lowest BCUT2D eigenvalue weighted by atomic mass is 9.95. The largest absolute Gasteiger partial charge is 0.293 e. The summed E-state index contributed by atoms with van der Waals surface area (Å²) in [7, 11) is 0. The summed E-state index contributed by atoms with van der Waals surface area (Å²) in [6, 6.07) is 11.3. The Bertz CT molecular complexity index is 1050. The Labute approximate surface area is 174 Å². The molecule has 4 rings (SSSR count). The quantitative estimate of drug-likeness (QED) is 0.655. The second-order valence-electron chi connectivity index (χ2n) is 6.68. The molecule has 2 aliphatic heterocycles. The zero-order valence-electron chi connectivity index (χ0n) is 15.0. The van der Waals surface area contributed by atoms with Crippen molar-refractivity contribution in [2.45, 2.75) is 19.9 Å². The van der Waals surface area contributed by atoms with Crippen molar-refractivity contribution in [1.29, 1.82) is 0 Å². The van der Waals surface area contributed by atoms with Crippen LogP contribution in [0, 0.1) is 12.8 Å². The molecule has 0 saturated carbocycles. The Hall–Kier alpha value is -2.51. The number of hydrogen-bond acceptors (Lipinski definition) is 5. The fraction of sp³-hybridized carbons (Fsp3) is 0.200. The minimum absolute atomic E-state index is 0.0912. The Kier molecular flexibility index (Phi) is 4.59. The lowest BCUT2D eigenvalue weighted by molar-refractivity contribution is -0.122. The molecule has 0 spiro atoms. The van der Waals surface area contributed by atoms with Gasteiger partial charge in [-0.15, -0.1) is 0 Å². The van der Waals surface area contributed by atoms with E-state index < -0.39 is 23.8 Å². The zero-order chi connectivity index (χ0) is 20.2. The first-order valence-corrected chi connectivity index (χ1v) is 9.75. The molecule has 0 unspecified atom stereocenters. The summed E-state index contributed by atoms with van der Waals surface area (Å²) in [5.41, 5.74) is 1.77. The van der Waals surface area contributed by atoms with E-state index in [1.165, 1.54) is 11.9 Å². The van der Waals surface area contributed by atoms with Gasteiger partial charge in [-0.25, -0.2) is 4.90 Å². The van der Waals surface area contributed by atoms with Crippen LogP contribution in [-0.2, 0) is 14.4 Å². The Morgan fingerprint density at radius 3 is 2.43 bits per heavy atom. The predicted octanol–water partition coefficient (Wildman–Crippen LogP) is 3.73. The summed E-state index contributed by atoms with van der Waals surface area (Å²) in [5.74, 6) is -2.16. The third-order valence-corrected chi connectivity index (χ3v) is 5.92. The van der Waals surface area contributed by atoms with E-state index in [4.69, 9.17) is 11.6 Å². The molecular formula is C20H15BrClN3O3. The van der Waals surface area contributed by atoms with E-state index in [0.29, 0.717) is 22.0 Å². The van der Waals surface area contributed by atoms with Gasteiger partial charge < -0.3 is 0 Å². The molecule has 142 valence electrons. The van der Waals surface area contributed by atoms with Gasteiger partial charge in [0, 0.05) is 16.4 Å².